The Bertz CT molecular complexity index is 936. The van der Waals surface area contributed by atoms with Gasteiger partial charge in [-0.15, -0.1) is 0 Å². The van der Waals surface area contributed by atoms with Crippen LogP contribution in [0.1, 0.15) is 36.8 Å². The fourth-order valence-electron chi connectivity index (χ4n) is 4.11. The Morgan fingerprint density at radius 2 is 1.79 bits per heavy atom. The monoisotopic (exact) mass is 388 g/mol. The summed E-state index contributed by atoms with van der Waals surface area (Å²) < 4.78 is 1.95. The second-order valence-electron chi connectivity index (χ2n) is 7.89. The first-order valence-corrected chi connectivity index (χ1v) is 10.4. The van der Waals surface area contributed by atoms with E-state index in [1.165, 1.54) is 5.56 Å². The van der Waals surface area contributed by atoms with Crippen molar-refractivity contribution < 1.29 is 4.79 Å². The molecular weight excluding hydrogens is 360 g/mol. The molecule has 1 fully saturated rings. The molecule has 1 aliphatic rings. The molecule has 1 aromatic heterocycles. The molecule has 2 aromatic carbocycles. The van der Waals surface area contributed by atoms with E-state index in [1.807, 2.05) is 47.3 Å². The lowest BCUT2D eigenvalue weighted by Crippen LogP contribution is -2.31. The number of hydrogen-bond donors (Lipinski definition) is 2. The number of carbonyl (C=O) groups is 1. The Morgan fingerprint density at radius 1 is 1.07 bits per heavy atom. The van der Waals surface area contributed by atoms with E-state index in [9.17, 15) is 4.79 Å². The highest BCUT2D eigenvalue weighted by Crippen LogP contribution is 2.27. The highest BCUT2D eigenvalue weighted by Gasteiger charge is 2.26. The molecule has 5 heteroatoms. The quantitative estimate of drug-likeness (QED) is 0.648. The number of rotatable bonds is 7. The van der Waals surface area contributed by atoms with Crippen LogP contribution in [-0.4, -0.2) is 21.7 Å². The highest BCUT2D eigenvalue weighted by atomic mass is 16.1. The van der Waals surface area contributed by atoms with E-state index < -0.39 is 0 Å². The molecule has 1 saturated carbocycles. The fraction of sp³-hybridized carbons (Fsp3) is 0.333. The summed E-state index contributed by atoms with van der Waals surface area (Å²) in [6.45, 7) is 1.17. The van der Waals surface area contributed by atoms with Crippen LogP contribution in [0.25, 0.3) is 11.3 Å². The molecule has 1 aliphatic carbocycles. The van der Waals surface area contributed by atoms with Gasteiger partial charge >= 0.3 is 0 Å². The summed E-state index contributed by atoms with van der Waals surface area (Å²) in [5, 5.41) is 7.90. The van der Waals surface area contributed by atoms with Crippen molar-refractivity contribution in [2.45, 2.75) is 44.8 Å². The average Bonchev–Trinajstić information content (AvgIpc) is 3.34. The Kier molecular flexibility index (Phi) is 6.06. The molecule has 3 N–H and O–H groups in total. The van der Waals surface area contributed by atoms with Crippen LogP contribution in [0.15, 0.2) is 66.9 Å². The van der Waals surface area contributed by atoms with E-state index in [-0.39, 0.29) is 11.9 Å². The molecule has 0 bridgehead atoms. The zero-order chi connectivity index (χ0) is 20.1. The Hall–Kier alpha value is -2.92. The van der Waals surface area contributed by atoms with E-state index in [1.54, 1.807) is 0 Å². The van der Waals surface area contributed by atoms with Crippen LogP contribution in [0.2, 0.25) is 0 Å². The number of hydrogen-bond acceptors (Lipinski definition) is 3. The predicted octanol–water partition coefficient (Wildman–Crippen LogP) is 3.73. The molecule has 5 nitrogen and oxygen atoms in total. The van der Waals surface area contributed by atoms with Crippen molar-refractivity contribution in [2.75, 3.05) is 0 Å². The molecule has 3 aromatic rings. The van der Waals surface area contributed by atoms with Gasteiger partial charge in [-0.3, -0.25) is 9.48 Å². The maximum absolute atomic E-state index is 12.5. The Morgan fingerprint density at radius 3 is 2.48 bits per heavy atom. The minimum atomic E-state index is 0.0715. The van der Waals surface area contributed by atoms with Crippen LogP contribution in [-0.2, 0) is 17.9 Å². The maximum atomic E-state index is 12.5. The van der Waals surface area contributed by atoms with Gasteiger partial charge in [0.2, 0.25) is 5.91 Å². The van der Waals surface area contributed by atoms with Gasteiger partial charge in [0.25, 0.3) is 0 Å². The lowest BCUT2D eigenvalue weighted by Gasteiger charge is -2.14. The summed E-state index contributed by atoms with van der Waals surface area (Å²) in [4.78, 5) is 12.5. The minimum absolute atomic E-state index is 0.0715. The molecule has 0 spiro atoms. The molecule has 150 valence electrons. The topological polar surface area (TPSA) is 72.9 Å². The molecule has 2 atom stereocenters. The molecule has 4 rings (SSSR count). The summed E-state index contributed by atoms with van der Waals surface area (Å²) in [6, 6.07) is 20.6. The van der Waals surface area contributed by atoms with Gasteiger partial charge in [-0.25, -0.2) is 0 Å². The number of carbonyl (C=O) groups excluding carboxylic acids is 1. The van der Waals surface area contributed by atoms with Crippen LogP contribution >= 0.6 is 0 Å². The number of amides is 1. The third kappa shape index (κ3) is 4.93. The molecule has 29 heavy (non-hydrogen) atoms. The normalized spacial score (nSPS) is 18.7. The summed E-state index contributed by atoms with van der Waals surface area (Å²) >= 11 is 0. The van der Waals surface area contributed by atoms with E-state index in [0.717, 1.165) is 36.1 Å². The van der Waals surface area contributed by atoms with Gasteiger partial charge in [-0.05, 0) is 24.3 Å². The van der Waals surface area contributed by atoms with Gasteiger partial charge in [-0.1, -0.05) is 67.1 Å². The average molecular weight is 389 g/mol. The maximum Gasteiger partial charge on any atom is 0.220 e. The van der Waals surface area contributed by atoms with E-state index in [4.69, 9.17) is 10.8 Å². The Labute approximate surface area is 171 Å². The number of aromatic nitrogens is 2. The van der Waals surface area contributed by atoms with Crippen LogP contribution in [0, 0.1) is 5.92 Å². The molecule has 0 radical (unpaired) electrons. The highest BCUT2D eigenvalue weighted by molar-refractivity contribution is 5.76. The van der Waals surface area contributed by atoms with Gasteiger partial charge in [0.05, 0.1) is 12.2 Å². The third-order valence-corrected chi connectivity index (χ3v) is 5.71. The molecule has 0 aliphatic heterocycles. The first-order valence-electron chi connectivity index (χ1n) is 10.4. The molecule has 1 amide bonds. The summed E-state index contributed by atoms with van der Waals surface area (Å²) in [7, 11) is 0. The van der Waals surface area contributed by atoms with Crippen molar-refractivity contribution in [2.24, 2.45) is 11.7 Å². The lowest BCUT2D eigenvalue weighted by atomic mass is 10.00. The summed E-state index contributed by atoms with van der Waals surface area (Å²) in [6.07, 6.45) is 5.77. The Balaban J connectivity index is 1.49. The van der Waals surface area contributed by atoms with Crippen molar-refractivity contribution in [1.82, 2.24) is 15.1 Å². The van der Waals surface area contributed by atoms with Crippen molar-refractivity contribution in [1.29, 1.82) is 0 Å². The zero-order valence-electron chi connectivity index (χ0n) is 16.6. The summed E-state index contributed by atoms with van der Waals surface area (Å²) in [5.41, 5.74) is 10.3. The molecule has 1 heterocycles. The molecule has 0 unspecified atom stereocenters. The number of nitrogens with one attached hydrogen (secondary N) is 1. The van der Waals surface area contributed by atoms with Crippen molar-refractivity contribution in [3.8, 4) is 11.3 Å². The van der Waals surface area contributed by atoms with Gasteiger partial charge < -0.3 is 11.1 Å². The first-order chi connectivity index (χ1) is 14.2. The van der Waals surface area contributed by atoms with Crippen molar-refractivity contribution in [3.63, 3.8) is 0 Å². The lowest BCUT2D eigenvalue weighted by molar-refractivity contribution is -0.122. The molecule has 0 saturated heterocycles. The predicted molar refractivity (Wildman–Crippen MR) is 115 cm³/mol. The fourth-order valence-corrected chi connectivity index (χ4v) is 4.11. The van der Waals surface area contributed by atoms with Crippen molar-refractivity contribution in [3.05, 3.63) is 78.0 Å². The zero-order valence-corrected chi connectivity index (χ0v) is 16.6. The summed E-state index contributed by atoms with van der Waals surface area (Å²) in [5.74, 6) is 0.381. The van der Waals surface area contributed by atoms with Gasteiger partial charge in [0.1, 0.15) is 0 Å². The molecular formula is C24H28N4O. The second kappa shape index (κ2) is 9.05. The van der Waals surface area contributed by atoms with Gasteiger partial charge in [0, 0.05) is 36.3 Å². The van der Waals surface area contributed by atoms with Crippen LogP contribution in [0.3, 0.4) is 0 Å². The number of benzene rings is 2. The van der Waals surface area contributed by atoms with Gasteiger partial charge in [0.15, 0.2) is 0 Å². The van der Waals surface area contributed by atoms with Crippen LogP contribution in [0.5, 0.6) is 0 Å². The number of nitrogens with zero attached hydrogens (tertiary/aromatic N) is 2. The van der Waals surface area contributed by atoms with Gasteiger partial charge in [-0.2, -0.15) is 5.10 Å². The van der Waals surface area contributed by atoms with Crippen molar-refractivity contribution >= 4 is 5.91 Å². The van der Waals surface area contributed by atoms with Crippen LogP contribution < -0.4 is 11.1 Å². The third-order valence-electron chi connectivity index (χ3n) is 5.71. The van der Waals surface area contributed by atoms with E-state index in [0.29, 0.717) is 25.4 Å². The minimum Gasteiger partial charge on any atom is -0.352 e. The van der Waals surface area contributed by atoms with Crippen LogP contribution in [0.4, 0.5) is 0 Å². The van der Waals surface area contributed by atoms with E-state index in [2.05, 4.69) is 29.6 Å². The first kappa shape index (κ1) is 19.4. The SMILES string of the molecule is N[C@@H]1CCC[C@H]1CC(=O)NCc1cn(Cc2ccccc2)nc1-c1ccccc1. The van der Waals surface area contributed by atoms with E-state index >= 15 is 0 Å². The standard InChI is InChI=1S/C24H28N4O/c25-22-13-7-12-20(22)14-23(29)26-15-21-17-28(16-18-8-3-1-4-9-18)27-24(21)19-10-5-2-6-11-19/h1-6,8-11,17,20,22H,7,12-16,25H2,(H,26,29)/t20-,22+/m0/s1. The second-order valence-corrected chi connectivity index (χ2v) is 7.89. The largest absolute Gasteiger partial charge is 0.352 e. The smallest absolute Gasteiger partial charge is 0.220 e. The number of nitrogens with two attached hydrogens (primary N) is 1.